The van der Waals surface area contributed by atoms with Crippen molar-refractivity contribution in [2.75, 3.05) is 0 Å². The van der Waals surface area contributed by atoms with Gasteiger partial charge < -0.3 is 27.4 Å². The van der Waals surface area contributed by atoms with Crippen LogP contribution in [0.5, 0.6) is 0 Å². The Balaban J connectivity index is 0. The van der Waals surface area contributed by atoms with Gasteiger partial charge in [0.15, 0.2) is 0 Å². The van der Waals surface area contributed by atoms with Crippen LogP contribution in [0.1, 0.15) is 0 Å². The van der Waals surface area contributed by atoms with Gasteiger partial charge in [-0.25, -0.2) is 0 Å². The van der Waals surface area contributed by atoms with Crippen molar-refractivity contribution in [3.05, 3.63) is 0 Å². The van der Waals surface area contributed by atoms with Gasteiger partial charge in [-0.3, -0.25) is 0 Å². The zero-order valence-electron chi connectivity index (χ0n) is 4.61. The molecule has 0 saturated carbocycles. The molecule has 0 aliphatic rings. The molecule has 0 spiro atoms. The van der Waals surface area contributed by atoms with E-state index in [1.54, 1.807) is 0 Å². The van der Waals surface area contributed by atoms with Crippen molar-refractivity contribution in [2.45, 2.75) is 0 Å². The molecule has 9 heavy (non-hydrogen) atoms. The molecule has 5 nitrogen and oxygen atoms in total. The fraction of sp³-hybridized carbons (Fsp3) is 0. The third-order valence-electron chi connectivity index (χ3n) is 0. The van der Waals surface area contributed by atoms with Crippen molar-refractivity contribution in [1.82, 2.24) is 0 Å². The summed E-state index contributed by atoms with van der Waals surface area (Å²) in [6.07, 6.45) is 0. The second-order valence-corrected chi connectivity index (χ2v) is 0. The van der Waals surface area contributed by atoms with Gasteiger partial charge in [-0.2, -0.15) is 0 Å². The number of hydrogen-bond acceptors (Lipinski definition) is 0. The van der Waals surface area contributed by atoms with E-state index in [0.29, 0.717) is 0 Å². The average molecular weight is 268 g/mol. The van der Waals surface area contributed by atoms with Crippen LogP contribution >= 0.6 is 0 Å². The smallest absolute Gasteiger partial charge is 2.00 e. The molecule has 0 saturated heterocycles. The second-order valence-electron chi connectivity index (χ2n) is 0. The van der Waals surface area contributed by atoms with Gasteiger partial charge in [0.25, 0.3) is 0 Å². The van der Waals surface area contributed by atoms with Crippen LogP contribution < -0.4 is 0 Å². The average Bonchev–Trinajstić information content (AvgIpc) is 0. The Morgan fingerprint density at radius 1 is 0.333 bits per heavy atom. The van der Waals surface area contributed by atoms with Gasteiger partial charge in [0.05, 0.1) is 0 Å². The van der Waals surface area contributed by atoms with Crippen LogP contribution in [0.15, 0.2) is 0 Å². The molecule has 0 bridgehead atoms. The number of rotatable bonds is 0. The quantitative estimate of drug-likeness (QED) is 0.443. The molecule has 0 atom stereocenters. The molecule has 0 aliphatic carbocycles. The van der Waals surface area contributed by atoms with Crippen molar-refractivity contribution in [1.29, 1.82) is 0 Å². The van der Waals surface area contributed by atoms with Gasteiger partial charge in [0.1, 0.15) is 0 Å². The Kier molecular flexibility index (Phi) is 3080. The van der Waals surface area contributed by atoms with Crippen LogP contribution in [0.3, 0.4) is 0 Å². The molecule has 0 aromatic rings. The summed E-state index contributed by atoms with van der Waals surface area (Å²) < 4.78 is 0. The predicted octanol–water partition coefficient (Wildman–Crippen LogP) is -2.12. The van der Waals surface area contributed by atoms with E-state index in [9.17, 15) is 0 Å². The van der Waals surface area contributed by atoms with Gasteiger partial charge in [0.2, 0.25) is 0 Å². The van der Waals surface area contributed by atoms with E-state index in [-0.39, 0.29) is 113 Å². The SMILES string of the molecule is [Ga+3].[Ga+3].[Mg+2].[Mg+2].[O-2].[O-2].[O-2].[O-2].[O-2]. The third-order valence-corrected chi connectivity index (χ3v) is 0. The molecule has 0 unspecified atom stereocenters. The van der Waals surface area contributed by atoms with Crippen molar-refractivity contribution in [2.24, 2.45) is 0 Å². The summed E-state index contributed by atoms with van der Waals surface area (Å²) >= 11 is 0. The Morgan fingerprint density at radius 3 is 0.333 bits per heavy atom. The van der Waals surface area contributed by atoms with E-state index in [1.807, 2.05) is 0 Å². The van der Waals surface area contributed by atoms with E-state index >= 15 is 0 Å². The topological polar surface area (TPSA) is 142 Å². The largest absolute Gasteiger partial charge is 3.00 e. The maximum atomic E-state index is 0. The Bertz CT molecular complexity index is 12.9. The first-order valence-corrected chi connectivity index (χ1v) is 0. The Hall–Kier alpha value is 2.61. The summed E-state index contributed by atoms with van der Waals surface area (Å²) in [4.78, 5) is 0. The van der Waals surface area contributed by atoms with Crippen LogP contribution in [0.4, 0.5) is 0 Å². The first kappa shape index (κ1) is 192. The molecule has 0 radical (unpaired) electrons. The van der Waals surface area contributed by atoms with Gasteiger partial charge >= 0.3 is 85.7 Å². The molecule has 9 heteroatoms. The van der Waals surface area contributed by atoms with Gasteiger partial charge in [-0.15, -0.1) is 0 Å². The summed E-state index contributed by atoms with van der Waals surface area (Å²) in [6.45, 7) is 0. The van der Waals surface area contributed by atoms with Crippen molar-refractivity contribution in [3.8, 4) is 0 Å². The standard InChI is InChI=1S/2Ga.2Mg.5O/q2*+3;2*+2;5*-2. The van der Waals surface area contributed by atoms with E-state index < -0.39 is 0 Å². The van der Waals surface area contributed by atoms with Crippen LogP contribution in [-0.2, 0) is 27.4 Å². The zero-order valence-corrected chi connectivity index (χ0v) is 12.3. The minimum atomic E-state index is 0. The fourth-order valence-corrected chi connectivity index (χ4v) is 0. The third kappa shape index (κ3) is 116. The molecule has 40 valence electrons. The summed E-state index contributed by atoms with van der Waals surface area (Å²) in [5, 5.41) is 0. The van der Waals surface area contributed by atoms with E-state index in [0.717, 1.165) is 0 Å². The van der Waals surface area contributed by atoms with Crippen molar-refractivity contribution in [3.63, 3.8) is 0 Å². The Labute approximate surface area is 112 Å². The van der Waals surface area contributed by atoms with Gasteiger partial charge in [-0.1, -0.05) is 0 Å². The first-order chi connectivity index (χ1) is 0. The second kappa shape index (κ2) is 144. The minimum absolute atomic E-state index is 0. The van der Waals surface area contributed by atoms with E-state index in [2.05, 4.69) is 0 Å². The van der Waals surface area contributed by atoms with Crippen molar-refractivity contribution >= 4 is 85.7 Å². The molecule has 0 aromatic heterocycles. The molecule has 0 heterocycles. The molecule has 0 rings (SSSR count). The van der Waals surface area contributed by atoms with Crippen LogP contribution in [0.25, 0.3) is 0 Å². The summed E-state index contributed by atoms with van der Waals surface area (Å²) in [5.41, 5.74) is 0. The molecule has 0 N–H and O–H groups in total. The zero-order chi connectivity index (χ0) is 0. The summed E-state index contributed by atoms with van der Waals surface area (Å²) in [6, 6.07) is 0. The molecule has 0 aromatic carbocycles. The predicted molar refractivity (Wildman–Crippen MR) is 26.4 cm³/mol. The monoisotopic (exact) mass is 266 g/mol. The molecular formula is Ga2Mg2O5. The van der Waals surface area contributed by atoms with Crippen LogP contribution in [-0.4, -0.2) is 85.7 Å². The van der Waals surface area contributed by atoms with Gasteiger partial charge in [0, 0.05) is 0 Å². The van der Waals surface area contributed by atoms with E-state index in [4.69, 9.17) is 0 Å². The summed E-state index contributed by atoms with van der Waals surface area (Å²) in [5.74, 6) is 0. The molecule has 0 amide bonds. The summed E-state index contributed by atoms with van der Waals surface area (Å²) in [7, 11) is 0. The maximum absolute atomic E-state index is 0. The number of hydrogen-bond donors (Lipinski definition) is 0. The molecule has 0 aliphatic heterocycles. The van der Waals surface area contributed by atoms with Crippen LogP contribution in [0, 0.1) is 0 Å². The maximum Gasteiger partial charge on any atom is 3.00 e. The van der Waals surface area contributed by atoms with E-state index in [1.165, 1.54) is 0 Å². The Morgan fingerprint density at radius 2 is 0.333 bits per heavy atom. The normalized spacial score (nSPS) is 0. The molecular weight excluding hydrogens is 268 g/mol. The van der Waals surface area contributed by atoms with Gasteiger partial charge in [-0.05, 0) is 0 Å². The van der Waals surface area contributed by atoms with Crippen LogP contribution in [0.2, 0.25) is 0 Å². The minimum Gasteiger partial charge on any atom is -2.00 e. The molecule has 0 fully saturated rings. The first-order valence-electron chi connectivity index (χ1n) is 0. The van der Waals surface area contributed by atoms with Crippen molar-refractivity contribution < 1.29 is 27.4 Å². The fourth-order valence-electron chi connectivity index (χ4n) is 0.